The van der Waals surface area contributed by atoms with Crippen LogP contribution in [0.4, 0.5) is 0 Å². The summed E-state index contributed by atoms with van der Waals surface area (Å²) < 4.78 is 0. The van der Waals surface area contributed by atoms with Crippen molar-refractivity contribution >= 4 is 5.57 Å². The first kappa shape index (κ1) is 13.7. The van der Waals surface area contributed by atoms with Gasteiger partial charge in [0.2, 0.25) is 0 Å². The van der Waals surface area contributed by atoms with Gasteiger partial charge < -0.3 is 5.73 Å². The van der Waals surface area contributed by atoms with Crippen LogP contribution in [0.3, 0.4) is 0 Å². The second kappa shape index (κ2) is 6.48. The van der Waals surface area contributed by atoms with Gasteiger partial charge in [0.25, 0.3) is 0 Å². The minimum Gasteiger partial charge on any atom is -0.405 e. The number of hydrogen-bond acceptors (Lipinski definition) is 3. The van der Waals surface area contributed by atoms with E-state index < -0.39 is 0 Å². The number of aryl methyl sites for hydroxylation is 1. The van der Waals surface area contributed by atoms with E-state index in [0.717, 1.165) is 28.1 Å². The van der Waals surface area contributed by atoms with Gasteiger partial charge >= 0.3 is 0 Å². The molecule has 0 aliphatic carbocycles. The summed E-state index contributed by atoms with van der Waals surface area (Å²) in [4.78, 5) is 8.81. The number of pyridine rings is 2. The molecule has 2 heterocycles. The minimum atomic E-state index is 0.866. The Hall–Kier alpha value is -2.68. The highest BCUT2D eigenvalue weighted by Gasteiger charge is 2.05. The van der Waals surface area contributed by atoms with Crippen LogP contribution < -0.4 is 5.73 Å². The Labute approximate surface area is 119 Å². The summed E-state index contributed by atoms with van der Waals surface area (Å²) in [6.07, 6.45) is 10.5. The van der Waals surface area contributed by atoms with E-state index in [1.807, 2.05) is 43.3 Å². The SMILES string of the molecule is C=C/C=C(\C=C/N)c1cc(C)cc(-c2cccnc2)n1. The first-order valence-corrected chi connectivity index (χ1v) is 6.35. The fourth-order valence-corrected chi connectivity index (χ4v) is 1.93. The van der Waals surface area contributed by atoms with Gasteiger partial charge in [0.15, 0.2) is 0 Å². The molecule has 0 aliphatic rings. The zero-order chi connectivity index (χ0) is 14.4. The van der Waals surface area contributed by atoms with E-state index in [1.54, 1.807) is 18.5 Å². The summed E-state index contributed by atoms with van der Waals surface area (Å²) in [5.41, 5.74) is 10.3. The van der Waals surface area contributed by atoms with Crippen LogP contribution in [0.5, 0.6) is 0 Å². The predicted molar refractivity (Wildman–Crippen MR) is 83.7 cm³/mol. The van der Waals surface area contributed by atoms with Gasteiger partial charge in [-0.2, -0.15) is 0 Å². The van der Waals surface area contributed by atoms with E-state index in [0.29, 0.717) is 0 Å². The van der Waals surface area contributed by atoms with Crippen molar-refractivity contribution in [3.63, 3.8) is 0 Å². The second-order valence-corrected chi connectivity index (χ2v) is 4.37. The number of aromatic nitrogens is 2. The van der Waals surface area contributed by atoms with Crippen LogP contribution >= 0.6 is 0 Å². The van der Waals surface area contributed by atoms with Crippen LogP contribution in [0, 0.1) is 6.92 Å². The van der Waals surface area contributed by atoms with E-state index in [1.165, 1.54) is 6.20 Å². The summed E-state index contributed by atoms with van der Waals surface area (Å²) >= 11 is 0. The van der Waals surface area contributed by atoms with Gasteiger partial charge in [-0.1, -0.05) is 18.7 Å². The third-order valence-electron chi connectivity index (χ3n) is 2.80. The molecule has 3 heteroatoms. The molecule has 0 aromatic carbocycles. The van der Waals surface area contributed by atoms with E-state index in [9.17, 15) is 0 Å². The molecule has 2 aromatic heterocycles. The Morgan fingerprint density at radius 1 is 1.35 bits per heavy atom. The van der Waals surface area contributed by atoms with Crippen LogP contribution in [0.2, 0.25) is 0 Å². The highest BCUT2D eigenvalue weighted by atomic mass is 14.7. The highest BCUT2D eigenvalue weighted by Crippen LogP contribution is 2.22. The molecule has 0 saturated carbocycles. The normalized spacial score (nSPS) is 11.8. The third kappa shape index (κ3) is 3.20. The van der Waals surface area contributed by atoms with Gasteiger partial charge in [-0.25, -0.2) is 4.98 Å². The molecule has 0 spiro atoms. The molecule has 0 atom stereocenters. The van der Waals surface area contributed by atoms with Gasteiger partial charge in [0, 0.05) is 23.5 Å². The lowest BCUT2D eigenvalue weighted by Gasteiger charge is -2.07. The summed E-state index contributed by atoms with van der Waals surface area (Å²) in [7, 11) is 0. The van der Waals surface area contributed by atoms with Crippen molar-refractivity contribution in [3.8, 4) is 11.3 Å². The molecule has 0 aliphatic heterocycles. The van der Waals surface area contributed by atoms with Crippen LogP contribution in [0.1, 0.15) is 11.3 Å². The van der Waals surface area contributed by atoms with Crippen molar-refractivity contribution in [1.29, 1.82) is 0 Å². The predicted octanol–water partition coefficient (Wildman–Crippen LogP) is 3.49. The van der Waals surface area contributed by atoms with Gasteiger partial charge in [0.05, 0.1) is 11.4 Å². The molecule has 0 saturated heterocycles. The van der Waals surface area contributed by atoms with Crippen LogP contribution in [0.25, 0.3) is 16.8 Å². The molecule has 0 bridgehead atoms. The van der Waals surface area contributed by atoms with Gasteiger partial charge in [0.1, 0.15) is 0 Å². The van der Waals surface area contributed by atoms with Crippen LogP contribution in [-0.2, 0) is 0 Å². The maximum atomic E-state index is 5.49. The largest absolute Gasteiger partial charge is 0.405 e. The second-order valence-electron chi connectivity index (χ2n) is 4.37. The number of allylic oxidation sites excluding steroid dienone is 4. The van der Waals surface area contributed by atoms with Crippen molar-refractivity contribution in [3.05, 3.63) is 78.9 Å². The summed E-state index contributed by atoms with van der Waals surface area (Å²) in [6.45, 7) is 5.77. The molecule has 0 fully saturated rings. The van der Waals surface area contributed by atoms with Crippen molar-refractivity contribution in [2.45, 2.75) is 6.92 Å². The first-order valence-electron chi connectivity index (χ1n) is 6.35. The van der Waals surface area contributed by atoms with Crippen LogP contribution in [-0.4, -0.2) is 9.97 Å². The zero-order valence-electron chi connectivity index (χ0n) is 11.5. The van der Waals surface area contributed by atoms with Crippen molar-refractivity contribution in [2.75, 3.05) is 0 Å². The van der Waals surface area contributed by atoms with E-state index in [-0.39, 0.29) is 0 Å². The van der Waals surface area contributed by atoms with Gasteiger partial charge in [-0.3, -0.25) is 4.98 Å². The molecule has 3 nitrogen and oxygen atoms in total. The Kier molecular flexibility index (Phi) is 4.45. The molecule has 2 rings (SSSR count). The molecule has 2 aromatic rings. The first-order chi connectivity index (χ1) is 9.74. The maximum absolute atomic E-state index is 5.49. The average molecular weight is 263 g/mol. The van der Waals surface area contributed by atoms with Crippen LogP contribution in [0.15, 0.2) is 67.7 Å². The number of hydrogen-bond donors (Lipinski definition) is 1. The third-order valence-corrected chi connectivity index (χ3v) is 2.80. The van der Waals surface area contributed by atoms with Gasteiger partial charge in [-0.05, 0) is 49.0 Å². The van der Waals surface area contributed by atoms with E-state index in [2.05, 4.69) is 16.5 Å². The molecule has 0 radical (unpaired) electrons. The Bertz CT molecular complexity index is 655. The quantitative estimate of drug-likeness (QED) is 0.859. The van der Waals surface area contributed by atoms with Crippen molar-refractivity contribution < 1.29 is 0 Å². The molecule has 2 N–H and O–H groups in total. The fraction of sp³-hybridized carbons (Fsp3) is 0.0588. The average Bonchev–Trinajstić information content (AvgIpc) is 2.47. The molecule has 20 heavy (non-hydrogen) atoms. The monoisotopic (exact) mass is 263 g/mol. The lowest BCUT2D eigenvalue weighted by atomic mass is 10.1. The number of rotatable bonds is 4. The van der Waals surface area contributed by atoms with E-state index >= 15 is 0 Å². The van der Waals surface area contributed by atoms with Crippen molar-refractivity contribution in [1.82, 2.24) is 9.97 Å². The molecule has 0 unspecified atom stereocenters. The lowest BCUT2D eigenvalue weighted by Crippen LogP contribution is -1.94. The molecule has 0 amide bonds. The number of nitrogens with two attached hydrogens (primary N) is 1. The maximum Gasteiger partial charge on any atom is 0.0727 e. The summed E-state index contributed by atoms with van der Waals surface area (Å²) in [5, 5.41) is 0. The number of nitrogens with zero attached hydrogens (tertiary/aromatic N) is 2. The fourth-order valence-electron chi connectivity index (χ4n) is 1.93. The zero-order valence-corrected chi connectivity index (χ0v) is 11.5. The Morgan fingerprint density at radius 3 is 2.85 bits per heavy atom. The molecular formula is C17H17N3. The Morgan fingerprint density at radius 2 is 2.20 bits per heavy atom. The standard InChI is InChI=1S/C17H17N3/c1-3-5-14(7-8-18)16-10-13(2)11-17(20-16)15-6-4-9-19-12-15/h3-12H,1,18H2,2H3/b8-7-,14-5+. The van der Waals surface area contributed by atoms with Crippen molar-refractivity contribution in [2.24, 2.45) is 5.73 Å². The topological polar surface area (TPSA) is 51.8 Å². The molecular weight excluding hydrogens is 246 g/mol. The summed E-state index contributed by atoms with van der Waals surface area (Å²) in [5.74, 6) is 0. The Balaban J connectivity index is 2.54. The highest BCUT2D eigenvalue weighted by molar-refractivity contribution is 5.75. The van der Waals surface area contributed by atoms with Gasteiger partial charge in [-0.15, -0.1) is 0 Å². The smallest absolute Gasteiger partial charge is 0.0727 e. The van der Waals surface area contributed by atoms with E-state index in [4.69, 9.17) is 5.73 Å². The molecule has 100 valence electrons. The summed E-state index contributed by atoms with van der Waals surface area (Å²) in [6, 6.07) is 7.96. The lowest BCUT2D eigenvalue weighted by molar-refractivity contribution is 1.23. The minimum absolute atomic E-state index is 0.866.